The average Bonchev–Trinajstić information content (AvgIpc) is 2.68. The van der Waals surface area contributed by atoms with E-state index in [0.29, 0.717) is 12.0 Å². The molecule has 0 saturated carbocycles. The van der Waals surface area contributed by atoms with Gasteiger partial charge in [-0.15, -0.1) is 0 Å². The van der Waals surface area contributed by atoms with E-state index >= 15 is 0 Å². The molecule has 5 heteroatoms. The van der Waals surface area contributed by atoms with E-state index in [1.807, 2.05) is 18.2 Å². The van der Waals surface area contributed by atoms with Crippen LogP contribution < -0.4 is 4.90 Å². The molecule has 0 N–H and O–H groups in total. The molecule has 0 fully saturated rings. The fraction of sp³-hybridized carbons (Fsp3) is 0.133. The van der Waals surface area contributed by atoms with Gasteiger partial charge in [-0.2, -0.15) is 0 Å². The van der Waals surface area contributed by atoms with Gasteiger partial charge in [0.2, 0.25) is 5.91 Å². The van der Waals surface area contributed by atoms with Crippen LogP contribution in [-0.2, 0) is 17.8 Å². The molecular formula is C15H10F2INO. The maximum atomic E-state index is 13.7. The fourth-order valence-corrected chi connectivity index (χ4v) is 2.90. The quantitative estimate of drug-likeness (QED) is 0.723. The number of carbonyl (C=O) groups excluding carboxylic acids is 1. The standard InChI is InChI=1S/C15H10F2INO/c16-11-2-1-9(13(17)7-11)8-19-14-4-3-12(18)5-10(14)6-15(19)20/h1-5,7H,6,8H2. The number of fused-ring (bicyclic) bond motifs is 1. The van der Waals surface area contributed by atoms with Gasteiger partial charge in [-0.25, -0.2) is 8.78 Å². The summed E-state index contributed by atoms with van der Waals surface area (Å²) in [6.07, 6.45) is 0.328. The Labute approximate surface area is 128 Å². The first kappa shape index (κ1) is 13.5. The van der Waals surface area contributed by atoms with E-state index in [2.05, 4.69) is 22.6 Å². The van der Waals surface area contributed by atoms with Crippen molar-refractivity contribution in [1.29, 1.82) is 0 Å². The van der Waals surface area contributed by atoms with Crippen molar-refractivity contribution in [3.05, 3.63) is 62.7 Å². The Balaban J connectivity index is 1.94. The minimum atomic E-state index is -0.628. The third-order valence-electron chi connectivity index (χ3n) is 3.32. The van der Waals surface area contributed by atoms with Gasteiger partial charge in [0, 0.05) is 20.9 Å². The van der Waals surface area contributed by atoms with Crippen LogP contribution in [0.1, 0.15) is 11.1 Å². The summed E-state index contributed by atoms with van der Waals surface area (Å²) < 4.78 is 27.7. The second kappa shape index (κ2) is 5.12. The minimum Gasteiger partial charge on any atom is -0.307 e. The van der Waals surface area contributed by atoms with Crippen LogP contribution in [0.4, 0.5) is 14.5 Å². The highest BCUT2D eigenvalue weighted by molar-refractivity contribution is 14.1. The highest BCUT2D eigenvalue weighted by Gasteiger charge is 2.27. The number of carbonyl (C=O) groups is 1. The normalized spacial score (nSPS) is 13.8. The first-order valence-electron chi connectivity index (χ1n) is 6.07. The van der Waals surface area contributed by atoms with Gasteiger partial charge in [0.15, 0.2) is 0 Å². The van der Waals surface area contributed by atoms with Crippen LogP contribution in [0.3, 0.4) is 0 Å². The van der Waals surface area contributed by atoms with Crippen LogP contribution in [0.5, 0.6) is 0 Å². The summed E-state index contributed by atoms with van der Waals surface area (Å²) in [5, 5.41) is 0. The Morgan fingerprint density at radius 3 is 2.70 bits per heavy atom. The fourth-order valence-electron chi connectivity index (χ4n) is 2.35. The molecule has 0 saturated heterocycles. The zero-order valence-corrected chi connectivity index (χ0v) is 12.5. The molecule has 1 heterocycles. The van der Waals surface area contributed by atoms with Gasteiger partial charge >= 0.3 is 0 Å². The molecule has 2 aromatic rings. The van der Waals surface area contributed by atoms with Gasteiger partial charge in [-0.1, -0.05) is 6.07 Å². The summed E-state index contributed by atoms with van der Waals surface area (Å²) in [7, 11) is 0. The zero-order chi connectivity index (χ0) is 14.3. The summed E-state index contributed by atoms with van der Waals surface area (Å²) in [6, 6.07) is 9.14. The minimum absolute atomic E-state index is 0.0641. The van der Waals surface area contributed by atoms with Crippen molar-refractivity contribution in [3.63, 3.8) is 0 Å². The van der Waals surface area contributed by atoms with Gasteiger partial charge in [-0.3, -0.25) is 4.79 Å². The number of amides is 1. The first-order chi connectivity index (χ1) is 9.54. The van der Waals surface area contributed by atoms with Crippen LogP contribution >= 0.6 is 22.6 Å². The molecule has 0 bridgehead atoms. The van der Waals surface area contributed by atoms with Crippen molar-refractivity contribution in [2.45, 2.75) is 13.0 Å². The van der Waals surface area contributed by atoms with Crippen molar-refractivity contribution in [3.8, 4) is 0 Å². The first-order valence-corrected chi connectivity index (χ1v) is 7.15. The molecule has 0 aromatic heterocycles. The topological polar surface area (TPSA) is 20.3 Å². The molecule has 0 spiro atoms. The van der Waals surface area contributed by atoms with Gasteiger partial charge in [-0.05, 0) is 52.4 Å². The van der Waals surface area contributed by atoms with E-state index in [4.69, 9.17) is 0 Å². The molecule has 1 aliphatic heterocycles. The summed E-state index contributed by atoms with van der Waals surface area (Å²) >= 11 is 2.19. The molecule has 2 aromatic carbocycles. The lowest BCUT2D eigenvalue weighted by Gasteiger charge is -2.18. The summed E-state index contributed by atoms with van der Waals surface area (Å²) in [5.74, 6) is -1.31. The molecule has 0 unspecified atom stereocenters. The number of hydrogen-bond acceptors (Lipinski definition) is 1. The molecular weight excluding hydrogens is 375 g/mol. The molecule has 0 radical (unpaired) electrons. The summed E-state index contributed by atoms with van der Waals surface area (Å²) in [6.45, 7) is 0.124. The maximum absolute atomic E-state index is 13.7. The largest absolute Gasteiger partial charge is 0.307 e. The predicted octanol–water partition coefficient (Wildman–Crippen LogP) is 3.66. The average molecular weight is 385 g/mol. The highest BCUT2D eigenvalue weighted by Crippen LogP contribution is 2.31. The van der Waals surface area contributed by atoms with Gasteiger partial charge < -0.3 is 4.90 Å². The maximum Gasteiger partial charge on any atom is 0.231 e. The van der Waals surface area contributed by atoms with Crippen LogP contribution in [0, 0.1) is 15.2 Å². The molecule has 1 amide bonds. The summed E-state index contributed by atoms with van der Waals surface area (Å²) in [5.41, 5.74) is 2.06. The summed E-state index contributed by atoms with van der Waals surface area (Å²) in [4.78, 5) is 13.6. The second-order valence-corrected chi connectivity index (χ2v) is 5.91. The van der Waals surface area contributed by atoms with Gasteiger partial charge in [0.25, 0.3) is 0 Å². The van der Waals surface area contributed by atoms with E-state index in [-0.39, 0.29) is 12.5 Å². The van der Waals surface area contributed by atoms with Crippen LogP contribution in [0.2, 0.25) is 0 Å². The number of rotatable bonds is 2. The van der Waals surface area contributed by atoms with E-state index in [9.17, 15) is 13.6 Å². The molecule has 0 aliphatic carbocycles. The highest BCUT2D eigenvalue weighted by atomic mass is 127. The molecule has 102 valence electrons. The third kappa shape index (κ3) is 2.42. The molecule has 2 nitrogen and oxygen atoms in total. The van der Waals surface area contributed by atoms with Crippen molar-refractivity contribution < 1.29 is 13.6 Å². The monoisotopic (exact) mass is 385 g/mol. The SMILES string of the molecule is O=C1Cc2cc(I)ccc2N1Cc1ccc(F)cc1F. The van der Waals surface area contributed by atoms with E-state index in [0.717, 1.165) is 20.9 Å². The number of hydrogen-bond donors (Lipinski definition) is 0. The van der Waals surface area contributed by atoms with E-state index in [1.165, 1.54) is 12.1 Å². The van der Waals surface area contributed by atoms with Gasteiger partial charge in [0.05, 0.1) is 13.0 Å². The molecule has 20 heavy (non-hydrogen) atoms. The number of benzene rings is 2. The molecule has 1 aliphatic rings. The third-order valence-corrected chi connectivity index (χ3v) is 3.99. The van der Waals surface area contributed by atoms with Crippen molar-refractivity contribution >= 4 is 34.2 Å². The van der Waals surface area contributed by atoms with E-state index in [1.54, 1.807) is 4.90 Å². The molecule has 3 rings (SSSR count). The van der Waals surface area contributed by atoms with Crippen molar-refractivity contribution in [2.75, 3.05) is 4.90 Å². The lowest BCUT2D eigenvalue weighted by atomic mass is 10.1. The van der Waals surface area contributed by atoms with Crippen LogP contribution in [0.15, 0.2) is 36.4 Å². The Bertz CT molecular complexity index is 702. The lowest BCUT2D eigenvalue weighted by molar-refractivity contribution is -0.117. The van der Waals surface area contributed by atoms with Crippen molar-refractivity contribution in [1.82, 2.24) is 0 Å². The number of anilines is 1. The second-order valence-electron chi connectivity index (χ2n) is 4.67. The molecule has 0 atom stereocenters. The zero-order valence-electron chi connectivity index (χ0n) is 10.4. The van der Waals surface area contributed by atoms with Crippen LogP contribution in [-0.4, -0.2) is 5.91 Å². The number of nitrogens with zero attached hydrogens (tertiary/aromatic N) is 1. The van der Waals surface area contributed by atoms with E-state index < -0.39 is 11.6 Å². The Morgan fingerprint density at radius 2 is 1.95 bits per heavy atom. The van der Waals surface area contributed by atoms with Gasteiger partial charge in [0.1, 0.15) is 11.6 Å². The van der Waals surface area contributed by atoms with Crippen molar-refractivity contribution in [2.24, 2.45) is 0 Å². The Morgan fingerprint density at radius 1 is 1.15 bits per heavy atom. The lowest BCUT2D eigenvalue weighted by Crippen LogP contribution is -2.26. The predicted molar refractivity (Wildman–Crippen MR) is 80.4 cm³/mol. The van der Waals surface area contributed by atoms with Crippen LogP contribution in [0.25, 0.3) is 0 Å². The Kier molecular flexibility index (Phi) is 3.45. The smallest absolute Gasteiger partial charge is 0.231 e. The Hall–Kier alpha value is -1.50. The number of halogens is 3.